The van der Waals surface area contributed by atoms with Gasteiger partial charge in [0.25, 0.3) is 0 Å². The van der Waals surface area contributed by atoms with Crippen LogP contribution in [0.25, 0.3) is 0 Å². The third-order valence-electron chi connectivity index (χ3n) is 1.35. The monoisotopic (exact) mass is 241 g/mol. The van der Waals surface area contributed by atoms with Crippen molar-refractivity contribution >= 4 is 18.3 Å². The van der Waals surface area contributed by atoms with Crippen molar-refractivity contribution in [3.8, 4) is 5.75 Å². The van der Waals surface area contributed by atoms with Crippen molar-refractivity contribution in [2.24, 2.45) is 5.73 Å². The number of ether oxygens (including phenoxy) is 1. The highest BCUT2D eigenvalue weighted by Crippen LogP contribution is 2.22. The summed E-state index contributed by atoms with van der Waals surface area (Å²) in [6.07, 6.45) is -4.77. The molecule has 0 atom stereocenters. The molecule has 3 nitrogen and oxygen atoms in total. The Bertz CT molecular complexity index is 354. The van der Waals surface area contributed by atoms with Gasteiger partial charge in [0, 0.05) is 5.56 Å². The summed E-state index contributed by atoms with van der Waals surface area (Å²) >= 11 is 0. The molecule has 84 valence electrons. The van der Waals surface area contributed by atoms with Gasteiger partial charge in [-0.15, -0.1) is 25.6 Å². The zero-order valence-electron chi connectivity index (χ0n) is 7.25. The summed E-state index contributed by atoms with van der Waals surface area (Å²) < 4.78 is 38.8. The minimum Gasteiger partial charge on any atom is -0.406 e. The Morgan fingerprint density at radius 3 is 2.40 bits per heavy atom. The van der Waals surface area contributed by atoms with Crippen LogP contribution in [-0.4, -0.2) is 12.3 Å². The molecule has 1 rings (SSSR count). The number of carbonyl (C=O) groups excluding carboxylic acids is 1. The van der Waals surface area contributed by atoms with Gasteiger partial charge in [0.05, 0.1) is 0 Å². The largest absolute Gasteiger partial charge is 0.573 e. The van der Waals surface area contributed by atoms with Gasteiger partial charge in [-0.1, -0.05) is 6.07 Å². The number of alkyl halides is 3. The van der Waals surface area contributed by atoms with Gasteiger partial charge in [0.1, 0.15) is 5.75 Å². The van der Waals surface area contributed by atoms with E-state index < -0.39 is 18.0 Å². The molecule has 0 heterocycles. The van der Waals surface area contributed by atoms with Gasteiger partial charge in [-0.2, -0.15) is 0 Å². The molecule has 0 aromatic heterocycles. The quantitative estimate of drug-likeness (QED) is 0.862. The lowest BCUT2D eigenvalue weighted by molar-refractivity contribution is -0.274. The summed E-state index contributed by atoms with van der Waals surface area (Å²) in [5, 5.41) is 0. The first kappa shape index (κ1) is 13.6. The normalized spacial score (nSPS) is 10.3. The van der Waals surface area contributed by atoms with Crippen LogP contribution in [0.4, 0.5) is 13.2 Å². The van der Waals surface area contributed by atoms with Crippen LogP contribution < -0.4 is 10.5 Å². The zero-order valence-corrected chi connectivity index (χ0v) is 8.06. The van der Waals surface area contributed by atoms with Gasteiger partial charge in [-0.3, -0.25) is 4.79 Å². The molecule has 2 N–H and O–H groups in total. The summed E-state index contributed by atoms with van der Waals surface area (Å²) in [6.45, 7) is 0. The average Bonchev–Trinajstić information content (AvgIpc) is 2.01. The van der Waals surface area contributed by atoms with Crippen LogP contribution in [0.15, 0.2) is 24.3 Å². The van der Waals surface area contributed by atoms with Crippen molar-refractivity contribution < 1.29 is 22.7 Å². The summed E-state index contributed by atoms with van der Waals surface area (Å²) in [4.78, 5) is 10.6. The number of amides is 1. The summed E-state index contributed by atoms with van der Waals surface area (Å²) in [7, 11) is 0. The lowest BCUT2D eigenvalue weighted by Gasteiger charge is -2.08. The molecular formula is C8H7ClF3NO2. The molecule has 0 fully saturated rings. The zero-order chi connectivity index (χ0) is 10.8. The van der Waals surface area contributed by atoms with E-state index in [1.54, 1.807) is 0 Å². The van der Waals surface area contributed by atoms with Gasteiger partial charge in [0.15, 0.2) is 0 Å². The molecule has 1 aromatic carbocycles. The minimum absolute atomic E-state index is 0. The van der Waals surface area contributed by atoms with Crippen molar-refractivity contribution in [2.75, 3.05) is 0 Å². The topological polar surface area (TPSA) is 52.3 Å². The predicted molar refractivity (Wildman–Crippen MR) is 48.9 cm³/mol. The Kier molecular flexibility index (Phi) is 4.41. The fourth-order valence-corrected chi connectivity index (χ4v) is 0.846. The van der Waals surface area contributed by atoms with Crippen molar-refractivity contribution in [1.29, 1.82) is 0 Å². The standard InChI is InChI=1S/C8H6F3NO2.ClH/c9-8(10,11)14-6-3-1-2-5(4-6)7(12)13;/h1-4H,(H2,12,13);1H. The number of carbonyl (C=O) groups is 1. The maximum atomic E-state index is 11.7. The highest BCUT2D eigenvalue weighted by atomic mass is 35.5. The minimum atomic E-state index is -4.77. The van der Waals surface area contributed by atoms with E-state index in [4.69, 9.17) is 5.73 Å². The Morgan fingerprint density at radius 2 is 1.93 bits per heavy atom. The van der Waals surface area contributed by atoms with E-state index in [9.17, 15) is 18.0 Å². The van der Waals surface area contributed by atoms with Crippen LogP contribution in [0.1, 0.15) is 10.4 Å². The van der Waals surface area contributed by atoms with Crippen LogP contribution in [0.5, 0.6) is 5.75 Å². The molecular weight excluding hydrogens is 235 g/mol. The second kappa shape index (κ2) is 4.88. The molecule has 1 amide bonds. The van der Waals surface area contributed by atoms with E-state index in [-0.39, 0.29) is 18.0 Å². The molecule has 0 saturated heterocycles. The van der Waals surface area contributed by atoms with Crippen LogP contribution in [0.3, 0.4) is 0 Å². The molecule has 7 heteroatoms. The number of hydrogen-bond donors (Lipinski definition) is 1. The van der Waals surface area contributed by atoms with Crippen LogP contribution in [0, 0.1) is 0 Å². The van der Waals surface area contributed by atoms with E-state index in [1.807, 2.05) is 0 Å². The second-order valence-electron chi connectivity index (χ2n) is 2.44. The lowest BCUT2D eigenvalue weighted by Crippen LogP contribution is -2.18. The smallest absolute Gasteiger partial charge is 0.406 e. The van der Waals surface area contributed by atoms with Crippen LogP contribution in [-0.2, 0) is 0 Å². The number of rotatable bonds is 2. The Balaban J connectivity index is 0.00000196. The van der Waals surface area contributed by atoms with Crippen LogP contribution in [0.2, 0.25) is 0 Å². The molecule has 0 spiro atoms. The molecule has 0 aliphatic heterocycles. The third kappa shape index (κ3) is 4.55. The van der Waals surface area contributed by atoms with Crippen molar-refractivity contribution in [3.63, 3.8) is 0 Å². The fourth-order valence-electron chi connectivity index (χ4n) is 0.846. The molecule has 0 bridgehead atoms. The van der Waals surface area contributed by atoms with Gasteiger partial charge >= 0.3 is 6.36 Å². The number of hydrogen-bond acceptors (Lipinski definition) is 2. The number of nitrogens with two attached hydrogens (primary N) is 1. The Morgan fingerprint density at radius 1 is 1.33 bits per heavy atom. The van der Waals surface area contributed by atoms with Crippen molar-refractivity contribution in [3.05, 3.63) is 29.8 Å². The molecule has 1 aromatic rings. The highest BCUT2D eigenvalue weighted by molar-refractivity contribution is 5.93. The summed E-state index contributed by atoms with van der Waals surface area (Å²) in [5.74, 6) is -1.27. The first-order chi connectivity index (χ1) is 6.38. The molecule has 0 aliphatic rings. The molecule has 0 unspecified atom stereocenters. The third-order valence-corrected chi connectivity index (χ3v) is 1.35. The van der Waals surface area contributed by atoms with E-state index >= 15 is 0 Å². The fraction of sp³-hybridized carbons (Fsp3) is 0.125. The molecule has 0 aliphatic carbocycles. The van der Waals surface area contributed by atoms with Crippen molar-refractivity contribution in [1.82, 2.24) is 0 Å². The maximum Gasteiger partial charge on any atom is 0.573 e. The van der Waals surface area contributed by atoms with E-state index in [1.165, 1.54) is 12.1 Å². The first-order valence-corrected chi connectivity index (χ1v) is 3.54. The van der Waals surface area contributed by atoms with E-state index in [0.29, 0.717) is 0 Å². The number of halogens is 4. The predicted octanol–water partition coefficient (Wildman–Crippen LogP) is 2.11. The van der Waals surface area contributed by atoms with E-state index in [0.717, 1.165) is 12.1 Å². The van der Waals surface area contributed by atoms with Crippen LogP contribution >= 0.6 is 12.4 Å². The van der Waals surface area contributed by atoms with Gasteiger partial charge in [0.2, 0.25) is 5.91 Å². The van der Waals surface area contributed by atoms with Gasteiger partial charge < -0.3 is 10.5 Å². The first-order valence-electron chi connectivity index (χ1n) is 3.54. The molecule has 0 saturated carbocycles. The number of benzene rings is 1. The van der Waals surface area contributed by atoms with Gasteiger partial charge in [-0.05, 0) is 18.2 Å². The SMILES string of the molecule is Cl.NC(=O)c1cccc(OC(F)(F)F)c1. The van der Waals surface area contributed by atoms with Gasteiger partial charge in [-0.25, -0.2) is 0 Å². The number of primary amides is 1. The summed E-state index contributed by atoms with van der Waals surface area (Å²) in [6, 6.07) is 4.56. The Hall–Kier alpha value is -1.43. The summed E-state index contributed by atoms with van der Waals surface area (Å²) in [5.41, 5.74) is 4.84. The van der Waals surface area contributed by atoms with Crippen molar-refractivity contribution in [2.45, 2.75) is 6.36 Å². The van der Waals surface area contributed by atoms with E-state index in [2.05, 4.69) is 4.74 Å². The lowest BCUT2D eigenvalue weighted by atomic mass is 10.2. The highest BCUT2D eigenvalue weighted by Gasteiger charge is 2.31. The Labute approximate surface area is 89.4 Å². The molecule has 0 radical (unpaired) electrons. The second-order valence-corrected chi connectivity index (χ2v) is 2.44. The molecule has 15 heavy (non-hydrogen) atoms. The average molecular weight is 242 g/mol. The maximum absolute atomic E-state index is 11.7.